The lowest BCUT2D eigenvalue weighted by molar-refractivity contribution is -0.129. The number of carbonyl (C=O) groups excluding carboxylic acids is 2. The molecule has 150 valence electrons. The molecule has 5 nitrogen and oxygen atoms in total. The van der Waals surface area contributed by atoms with Gasteiger partial charge in [0.1, 0.15) is 0 Å². The molecule has 1 aliphatic heterocycles. The number of piperidine rings is 1. The van der Waals surface area contributed by atoms with Gasteiger partial charge in [-0.2, -0.15) is 0 Å². The van der Waals surface area contributed by atoms with Crippen molar-refractivity contribution in [2.75, 3.05) is 24.7 Å². The second-order valence-corrected chi connectivity index (χ2v) is 8.03. The molecule has 0 spiro atoms. The molecule has 6 heteroatoms. The highest BCUT2D eigenvalue weighted by molar-refractivity contribution is 7.10. The molecule has 1 aliphatic rings. The third-order valence-corrected chi connectivity index (χ3v) is 5.99. The van der Waals surface area contributed by atoms with Crippen molar-refractivity contribution in [1.82, 2.24) is 5.32 Å². The minimum atomic E-state index is -0.268. The lowest BCUT2D eigenvalue weighted by Gasteiger charge is -2.40. The van der Waals surface area contributed by atoms with Crippen LogP contribution in [0.5, 0.6) is 0 Å². The van der Waals surface area contributed by atoms with E-state index in [0.29, 0.717) is 32.6 Å². The van der Waals surface area contributed by atoms with E-state index in [4.69, 9.17) is 4.74 Å². The number of anilines is 1. The molecular weight excluding hydrogens is 372 g/mol. The first-order chi connectivity index (χ1) is 13.6. The van der Waals surface area contributed by atoms with E-state index >= 15 is 0 Å². The Hall–Kier alpha value is -2.18. The summed E-state index contributed by atoms with van der Waals surface area (Å²) >= 11 is 1.60. The van der Waals surface area contributed by atoms with Gasteiger partial charge in [-0.25, -0.2) is 0 Å². The number of hydrogen-bond acceptors (Lipinski definition) is 4. The summed E-state index contributed by atoms with van der Waals surface area (Å²) in [6.45, 7) is 5.90. The zero-order valence-electron chi connectivity index (χ0n) is 16.5. The number of thiophene rings is 1. The highest BCUT2D eigenvalue weighted by Gasteiger charge is 2.41. The van der Waals surface area contributed by atoms with Crippen LogP contribution in [-0.4, -0.2) is 31.6 Å². The summed E-state index contributed by atoms with van der Waals surface area (Å²) < 4.78 is 5.34. The van der Waals surface area contributed by atoms with Crippen LogP contribution in [0, 0.1) is 12.8 Å². The van der Waals surface area contributed by atoms with E-state index in [1.54, 1.807) is 11.3 Å². The van der Waals surface area contributed by atoms with Gasteiger partial charge in [0.2, 0.25) is 11.8 Å². The molecule has 1 aromatic heterocycles. The topological polar surface area (TPSA) is 58.6 Å². The Morgan fingerprint density at radius 1 is 1.29 bits per heavy atom. The van der Waals surface area contributed by atoms with Crippen LogP contribution in [0.15, 0.2) is 41.8 Å². The van der Waals surface area contributed by atoms with Crippen molar-refractivity contribution in [2.24, 2.45) is 5.92 Å². The first-order valence-corrected chi connectivity index (χ1v) is 10.8. The molecule has 2 aromatic rings. The maximum atomic E-state index is 13.0. The predicted molar refractivity (Wildman–Crippen MR) is 113 cm³/mol. The third kappa shape index (κ3) is 4.80. The zero-order valence-corrected chi connectivity index (χ0v) is 17.3. The van der Waals surface area contributed by atoms with Crippen molar-refractivity contribution >= 4 is 28.8 Å². The summed E-state index contributed by atoms with van der Waals surface area (Å²) in [5.74, 6) is -0.174. The molecule has 3 rings (SSSR count). The van der Waals surface area contributed by atoms with Crippen LogP contribution in [0.1, 0.15) is 42.7 Å². The van der Waals surface area contributed by atoms with Crippen LogP contribution < -0.4 is 10.2 Å². The average Bonchev–Trinajstić information content (AvgIpc) is 3.23. The van der Waals surface area contributed by atoms with Crippen LogP contribution >= 0.6 is 11.3 Å². The molecule has 1 saturated heterocycles. The molecule has 0 saturated carbocycles. The summed E-state index contributed by atoms with van der Waals surface area (Å²) in [6, 6.07) is 11.7. The van der Waals surface area contributed by atoms with Crippen LogP contribution in [0.2, 0.25) is 0 Å². The van der Waals surface area contributed by atoms with Gasteiger partial charge in [0.05, 0.1) is 12.0 Å². The zero-order chi connectivity index (χ0) is 19.9. The Labute approximate surface area is 170 Å². The van der Waals surface area contributed by atoms with Crippen LogP contribution in [-0.2, 0) is 14.3 Å². The molecule has 1 N–H and O–H groups in total. The predicted octanol–water partition coefficient (Wildman–Crippen LogP) is 4.08. The summed E-state index contributed by atoms with van der Waals surface area (Å²) in [5.41, 5.74) is 1.99. The van der Waals surface area contributed by atoms with E-state index in [-0.39, 0.29) is 23.8 Å². The number of aryl methyl sites for hydroxylation is 1. The summed E-state index contributed by atoms with van der Waals surface area (Å²) in [6.07, 6.45) is 1.74. The molecule has 28 heavy (non-hydrogen) atoms. The molecule has 0 aliphatic carbocycles. The van der Waals surface area contributed by atoms with Gasteiger partial charge in [0.25, 0.3) is 0 Å². The fraction of sp³-hybridized carbons (Fsp3) is 0.455. The van der Waals surface area contributed by atoms with Crippen molar-refractivity contribution in [2.45, 2.75) is 39.2 Å². The molecule has 2 amide bonds. The summed E-state index contributed by atoms with van der Waals surface area (Å²) in [7, 11) is 0. The number of nitrogens with one attached hydrogen (secondary N) is 1. The Morgan fingerprint density at radius 3 is 2.75 bits per heavy atom. The number of benzene rings is 1. The lowest BCUT2D eigenvalue weighted by atomic mass is 9.86. The van der Waals surface area contributed by atoms with Gasteiger partial charge >= 0.3 is 0 Å². The minimum Gasteiger partial charge on any atom is -0.382 e. The average molecular weight is 401 g/mol. The number of amides is 2. The fourth-order valence-electron chi connectivity index (χ4n) is 3.62. The smallest absolute Gasteiger partial charge is 0.227 e. The van der Waals surface area contributed by atoms with Gasteiger partial charge in [0.15, 0.2) is 0 Å². The van der Waals surface area contributed by atoms with Crippen molar-refractivity contribution in [3.05, 3.63) is 52.2 Å². The number of hydrogen-bond donors (Lipinski definition) is 1. The van der Waals surface area contributed by atoms with E-state index in [9.17, 15) is 9.59 Å². The molecule has 0 bridgehead atoms. The number of carbonyl (C=O) groups is 2. The maximum Gasteiger partial charge on any atom is 0.227 e. The van der Waals surface area contributed by atoms with Gasteiger partial charge in [-0.05, 0) is 50.3 Å². The maximum absolute atomic E-state index is 13.0. The quantitative estimate of drug-likeness (QED) is 0.679. The number of nitrogens with zero attached hydrogens (tertiary/aromatic N) is 1. The Morgan fingerprint density at radius 2 is 2.07 bits per heavy atom. The molecule has 2 heterocycles. The van der Waals surface area contributed by atoms with Gasteiger partial charge in [-0.3, -0.25) is 9.59 Å². The monoisotopic (exact) mass is 400 g/mol. The van der Waals surface area contributed by atoms with E-state index in [2.05, 4.69) is 5.32 Å². The molecule has 2 atom stereocenters. The van der Waals surface area contributed by atoms with Crippen LogP contribution in [0.3, 0.4) is 0 Å². The standard InChI is InChI=1S/C22H28N2O3S/c1-3-27-14-5-13-23-22(26)18-11-12-20(25)24(17-9-7-16(2)8-10-17)21(18)19-6-4-15-28-19/h4,6-10,15,18,21H,3,5,11-14H2,1-2H3,(H,23,26)/t18-,21+/m1/s1. The van der Waals surface area contributed by atoms with Crippen LogP contribution in [0.25, 0.3) is 0 Å². The van der Waals surface area contributed by atoms with Crippen molar-refractivity contribution in [1.29, 1.82) is 0 Å². The SMILES string of the molecule is CCOCCCNC(=O)[C@@H]1CCC(=O)N(c2ccc(C)cc2)[C@@H]1c1cccs1. The van der Waals surface area contributed by atoms with Gasteiger partial charge in [-0.15, -0.1) is 11.3 Å². The summed E-state index contributed by atoms with van der Waals surface area (Å²) in [5, 5.41) is 5.05. The number of rotatable bonds is 8. The largest absolute Gasteiger partial charge is 0.382 e. The Bertz CT molecular complexity index is 774. The van der Waals surface area contributed by atoms with E-state index in [1.807, 2.05) is 60.5 Å². The first-order valence-electron chi connectivity index (χ1n) is 9.89. The fourth-order valence-corrected chi connectivity index (χ4v) is 4.50. The van der Waals surface area contributed by atoms with E-state index < -0.39 is 0 Å². The van der Waals surface area contributed by atoms with E-state index in [0.717, 1.165) is 22.5 Å². The first kappa shape index (κ1) is 20.6. The Kier molecular flexibility index (Phi) is 7.23. The van der Waals surface area contributed by atoms with Crippen molar-refractivity contribution in [3.8, 4) is 0 Å². The van der Waals surface area contributed by atoms with Crippen molar-refractivity contribution in [3.63, 3.8) is 0 Å². The normalized spacial score (nSPS) is 19.6. The summed E-state index contributed by atoms with van der Waals surface area (Å²) in [4.78, 5) is 28.7. The highest BCUT2D eigenvalue weighted by Crippen LogP contribution is 2.41. The minimum absolute atomic E-state index is 0.0134. The Balaban J connectivity index is 1.82. The van der Waals surface area contributed by atoms with Crippen molar-refractivity contribution < 1.29 is 14.3 Å². The molecule has 0 radical (unpaired) electrons. The molecule has 0 unspecified atom stereocenters. The second-order valence-electron chi connectivity index (χ2n) is 7.05. The van der Waals surface area contributed by atoms with Crippen LogP contribution in [0.4, 0.5) is 5.69 Å². The molecule has 1 aromatic carbocycles. The second kappa shape index (κ2) is 9.85. The van der Waals surface area contributed by atoms with Gasteiger partial charge in [-0.1, -0.05) is 23.8 Å². The number of ether oxygens (including phenoxy) is 1. The van der Waals surface area contributed by atoms with Gasteiger partial charge in [0, 0.05) is 36.7 Å². The molecular formula is C22H28N2O3S. The van der Waals surface area contributed by atoms with E-state index in [1.165, 1.54) is 0 Å². The highest BCUT2D eigenvalue weighted by atomic mass is 32.1. The molecule has 1 fully saturated rings. The third-order valence-electron chi connectivity index (χ3n) is 5.05. The van der Waals surface area contributed by atoms with Gasteiger partial charge < -0.3 is 15.0 Å². The lowest BCUT2D eigenvalue weighted by Crippen LogP contribution is -2.48.